The predicted molar refractivity (Wildman–Crippen MR) is 86.2 cm³/mol. The summed E-state index contributed by atoms with van der Waals surface area (Å²) in [6, 6.07) is 7.37. The number of amides is 2. The number of carbonyl (C=O) groups excluding carboxylic acids is 2. The van der Waals surface area contributed by atoms with Crippen molar-refractivity contribution in [2.75, 3.05) is 11.5 Å². The Hall–Kier alpha value is -1.67. The van der Waals surface area contributed by atoms with Crippen LogP contribution in [0.15, 0.2) is 34.8 Å². The van der Waals surface area contributed by atoms with Crippen molar-refractivity contribution in [3.8, 4) is 0 Å². The smallest absolute Gasteiger partial charge is 0.262 e. The highest BCUT2D eigenvalue weighted by Crippen LogP contribution is 2.18. The largest absolute Gasteiger partial charge is 0.273 e. The molecular weight excluding hydrogens is 372 g/mol. The van der Waals surface area contributed by atoms with Crippen LogP contribution in [0, 0.1) is 5.92 Å². The summed E-state index contributed by atoms with van der Waals surface area (Å²) in [4.78, 5) is 23.3. The van der Waals surface area contributed by atoms with Gasteiger partial charge in [-0.3, -0.25) is 20.4 Å². The quantitative estimate of drug-likeness (QED) is 0.599. The molecule has 1 aliphatic rings. The molecule has 118 valence electrons. The Morgan fingerprint density at radius 1 is 1.27 bits per heavy atom. The van der Waals surface area contributed by atoms with Crippen LogP contribution < -0.4 is 10.9 Å². The van der Waals surface area contributed by atoms with Gasteiger partial charge in [-0.1, -0.05) is 28.1 Å². The van der Waals surface area contributed by atoms with Gasteiger partial charge in [0, 0.05) is 10.5 Å². The number of hydrogen-bond donors (Lipinski definition) is 2. The van der Waals surface area contributed by atoms with E-state index in [9.17, 15) is 18.0 Å². The van der Waals surface area contributed by atoms with E-state index < -0.39 is 27.6 Å². The van der Waals surface area contributed by atoms with Crippen LogP contribution in [0.4, 0.5) is 0 Å². The van der Waals surface area contributed by atoms with E-state index in [0.29, 0.717) is 0 Å². The highest BCUT2D eigenvalue weighted by Gasteiger charge is 2.32. The van der Waals surface area contributed by atoms with Gasteiger partial charge < -0.3 is 0 Å². The molecule has 0 spiro atoms. The lowest BCUT2D eigenvalue weighted by Gasteiger charge is -2.09. The second kappa shape index (κ2) is 7.06. The van der Waals surface area contributed by atoms with Gasteiger partial charge in [-0.15, -0.1) is 0 Å². The number of halogens is 1. The minimum atomic E-state index is -3.12. The fourth-order valence-electron chi connectivity index (χ4n) is 2.05. The second-order valence-electron chi connectivity index (χ2n) is 4.97. The van der Waals surface area contributed by atoms with Crippen molar-refractivity contribution in [2.45, 2.75) is 6.42 Å². The highest BCUT2D eigenvalue weighted by molar-refractivity contribution is 9.10. The molecule has 8 heteroatoms. The first-order valence-electron chi connectivity index (χ1n) is 6.60. The molecule has 2 rings (SSSR count). The van der Waals surface area contributed by atoms with E-state index >= 15 is 0 Å². The normalized spacial score (nSPS) is 20.0. The van der Waals surface area contributed by atoms with Gasteiger partial charge in [0.15, 0.2) is 9.84 Å². The molecule has 1 aliphatic heterocycles. The van der Waals surface area contributed by atoms with Crippen molar-refractivity contribution < 1.29 is 18.0 Å². The summed E-state index contributed by atoms with van der Waals surface area (Å²) in [5.74, 6) is -1.72. The molecule has 1 aromatic rings. The van der Waals surface area contributed by atoms with Crippen LogP contribution >= 0.6 is 15.9 Å². The van der Waals surface area contributed by atoms with Crippen LogP contribution in [0.5, 0.6) is 0 Å². The van der Waals surface area contributed by atoms with E-state index in [4.69, 9.17) is 0 Å². The molecule has 2 amide bonds. The maximum Gasteiger partial charge on any atom is 0.262 e. The van der Waals surface area contributed by atoms with Gasteiger partial charge >= 0.3 is 0 Å². The number of hydrogen-bond acceptors (Lipinski definition) is 4. The van der Waals surface area contributed by atoms with Crippen molar-refractivity contribution in [1.29, 1.82) is 0 Å². The number of rotatable bonds is 3. The molecule has 1 fully saturated rings. The molecule has 0 saturated carbocycles. The molecule has 6 nitrogen and oxygen atoms in total. The van der Waals surface area contributed by atoms with Crippen molar-refractivity contribution in [1.82, 2.24) is 10.9 Å². The Bertz CT molecular complexity index is 715. The van der Waals surface area contributed by atoms with Crippen LogP contribution in [-0.2, 0) is 19.4 Å². The summed E-state index contributed by atoms with van der Waals surface area (Å²) in [6.07, 6.45) is 3.18. The average Bonchev–Trinajstić information content (AvgIpc) is 2.83. The Kier molecular flexibility index (Phi) is 5.36. The molecule has 0 unspecified atom stereocenters. The van der Waals surface area contributed by atoms with Gasteiger partial charge in [0.25, 0.3) is 5.91 Å². The van der Waals surface area contributed by atoms with Gasteiger partial charge in [0.05, 0.1) is 17.4 Å². The maximum absolute atomic E-state index is 11.7. The third-order valence-corrected chi connectivity index (χ3v) is 5.45. The lowest BCUT2D eigenvalue weighted by atomic mass is 10.1. The third-order valence-electron chi connectivity index (χ3n) is 3.19. The molecule has 1 atom stereocenters. The molecule has 0 aromatic heterocycles. The Morgan fingerprint density at radius 2 is 2.05 bits per heavy atom. The standard InChI is InChI=1S/C14H15BrN2O4S/c15-12-3-1-2-10(8-12)4-5-13(18)16-17-14(19)11-6-7-22(20,21)9-11/h1-5,8,11H,6-7,9H2,(H,16,18)(H,17,19)/b5-4+/t11-/m1/s1. The zero-order valence-electron chi connectivity index (χ0n) is 11.6. The third kappa shape index (κ3) is 4.96. The van der Waals surface area contributed by atoms with Crippen molar-refractivity contribution in [2.24, 2.45) is 5.92 Å². The monoisotopic (exact) mass is 386 g/mol. The first-order chi connectivity index (χ1) is 10.4. The molecule has 22 heavy (non-hydrogen) atoms. The van der Waals surface area contributed by atoms with Gasteiger partial charge in [0.1, 0.15) is 0 Å². The fraction of sp³-hybridized carbons (Fsp3) is 0.286. The first-order valence-corrected chi connectivity index (χ1v) is 9.21. The Morgan fingerprint density at radius 3 is 2.68 bits per heavy atom. The van der Waals surface area contributed by atoms with E-state index in [0.717, 1.165) is 10.0 Å². The van der Waals surface area contributed by atoms with Crippen molar-refractivity contribution >= 4 is 43.7 Å². The number of nitrogens with one attached hydrogen (secondary N) is 2. The zero-order valence-corrected chi connectivity index (χ0v) is 14.0. The summed E-state index contributed by atoms with van der Waals surface area (Å²) in [7, 11) is -3.12. The van der Waals surface area contributed by atoms with Crippen LogP contribution in [-0.4, -0.2) is 31.7 Å². The van der Waals surface area contributed by atoms with Crippen LogP contribution in [0.3, 0.4) is 0 Å². The lowest BCUT2D eigenvalue weighted by molar-refractivity contribution is -0.129. The minimum Gasteiger partial charge on any atom is -0.273 e. The van der Waals surface area contributed by atoms with Gasteiger partial charge in [-0.05, 0) is 30.2 Å². The van der Waals surface area contributed by atoms with E-state index in [-0.39, 0.29) is 17.9 Å². The molecule has 0 aliphatic carbocycles. The Labute approximate surface area is 137 Å². The zero-order chi connectivity index (χ0) is 16.2. The van der Waals surface area contributed by atoms with Crippen molar-refractivity contribution in [3.63, 3.8) is 0 Å². The number of benzene rings is 1. The van der Waals surface area contributed by atoms with Gasteiger partial charge in [0.2, 0.25) is 5.91 Å². The predicted octanol–water partition coefficient (Wildman–Crippen LogP) is 1.04. The topological polar surface area (TPSA) is 92.3 Å². The first kappa shape index (κ1) is 16.7. The maximum atomic E-state index is 11.7. The molecule has 1 heterocycles. The van der Waals surface area contributed by atoms with E-state index in [1.165, 1.54) is 6.08 Å². The summed E-state index contributed by atoms with van der Waals surface area (Å²) < 4.78 is 23.5. The molecule has 0 radical (unpaired) electrons. The van der Waals surface area contributed by atoms with Crippen LogP contribution in [0.2, 0.25) is 0 Å². The van der Waals surface area contributed by atoms with Crippen LogP contribution in [0.25, 0.3) is 6.08 Å². The van der Waals surface area contributed by atoms with Gasteiger partial charge in [-0.2, -0.15) is 0 Å². The summed E-state index contributed by atoms with van der Waals surface area (Å²) in [5, 5.41) is 0. The molecule has 0 bridgehead atoms. The van der Waals surface area contributed by atoms with E-state index in [1.807, 2.05) is 24.3 Å². The lowest BCUT2D eigenvalue weighted by Crippen LogP contribution is -2.44. The number of carbonyl (C=O) groups is 2. The van der Waals surface area contributed by atoms with Gasteiger partial charge in [-0.25, -0.2) is 8.42 Å². The van der Waals surface area contributed by atoms with E-state index in [1.54, 1.807) is 6.08 Å². The summed E-state index contributed by atoms with van der Waals surface area (Å²) >= 11 is 3.33. The SMILES string of the molecule is O=C(/C=C/c1cccc(Br)c1)NNC(=O)[C@@H]1CCS(=O)(=O)C1. The molecule has 1 saturated heterocycles. The number of hydrazine groups is 1. The Balaban J connectivity index is 1.82. The number of sulfone groups is 1. The minimum absolute atomic E-state index is 0.0157. The highest BCUT2D eigenvalue weighted by atomic mass is 79.9. The molecule has 2 N–H and O–H groups in total. The fourth-order valence-corrected chi connectivity index (χ4v) is 4.21. The molecule has 1 aromatic carbocycles. The average molecular weight is 387 g/mol. The summed E-state index contributed by atoms with van der Waals surface area (Å²) in [5.41, 5.74) is 5.32. The van der Waals surface area contributed by atoms with E-state index in [2.05, 4.69) is 26.8 Å². The molecular formula is C14H15BrN2O4S. The summed E-state index contributed by atoms with van der Waals surface area (Å²) in [6.45, 7) is 0. The van der Waals surface area contributed by atoms with Crippen molar-refractivity contribution in [3.05, 3.63) is 40.4 Å². The second-order valence-corrected chi connectivity index (χ2v) is 8.11. The van der Waals surface area contributed by atoms with Crippen LogP contribution in [0.1, 0.15) is 12.0 Å².